The topological polar surface area (TPSA) is 59.9 Å². The van der Waals surface area contributed by atoms with Crippen LogP contribution in [0.5, 0.6) is 0 Å². The molecule has 20 heavy (non-hydrogen) atoms. The first kappa shape index (κ1) is 14.6. The van der Waals surface area contributed by atoms with Gasteiger partial charge in [0.1, 0.15) is 10.3 Å². The molecule has 2 rings (SSSR count). The molecule has 0 amide bonds. The van der Waals surface area contributed by atoms with Crippen LogP contribution < -0.4 is 0 Å². The number of aromatic nitrogens is 2. The second-order valence-electron chi connectivity index (χ2n) is 4.09. The maximum Gasteiger partial charge on any atom is 0.164 e. The monoisotopic (exact) mass is 308 g/mol. The summed E-state index contributed by atoms with van der Waals surface area (Å²) in [5, 5.41) is 0.648. The molecule has 4 nitrogen and oxygen atoms in total. The zero-order valence-electron chi connectivity index (χ0n) is 10.3. The van der Waals surface area contributed by atoms with Crippen molar-refractivity contribution in [1.29, 1.82) is 0 Å². The van der Waals surface area contributed by atoms with Gasteiger partial charge < -0.3 is 0 Å². The summed E-state index contributed by atoms with van der Waals surface area (Å²) >= 11 is 11.3. The Bertz CT molecular complexity index is 567. The molecular formula is C14H10Cl2N2O2. The standard InChI is InChI=1S/C14H10Cl2N2O2/c15-13-5-1-9(7-17-13)11(19)3-4-12(20)10-2-6-14(16)18-8-10/h1-2,5-8H,3-4H2. The van der Waals surface area contributed by atoms with Crippen LogP contribution in [0.15, 0.2) is 36.7 Å². The van der Waals surface area contributed by atoms with Crippen LogP contribution in [0.25, 0.3) is 0 Å². The lowest BCUT2D eigenvalue weighted by Gasteiger charge is -2.01. The molecule has 102 valence electrons. The number of ketones is 2. The number of Topliss-reactive ketones (excluding diaryl/α,β-unsaturated/α-hetero) is 2. The minimum Gasteiger partial charge on any atom is -0.294 e. The summed E-state index contributed by atoms with van der Waals surface area (Å²) in [5.74, 6) is -0.297. The number of carbonyl (C=O) groups is 2. The van der Waals surface area contributed by atoms with Crippen molar-refractivity contribution in [1.82, 2.24) is 9.97 Å². The summed E-state index contributed by atoms with van der Waals surface area (Å²) < 4.78 is 0. The zero-order chi connectivity index (χ0) is 14.5. The highest BCUT2D eigenvalue weighted by atomic mass is 35.5. The van der Waals surface area contributed by atoms with Crippen LogP contribution in [0.1, 0.15) is 33.6 Å². The zero-order valence-corrected chi connectivity index (χ0v) is 11.9. The third-order valence-corrected chi connectivity index (χ3v) is 3.13. The van der Waals surface area contributed by atoms with Crippen LogP contribution >= 0.6 is 23.2 Å². The van der Waals surface area contributed by atoms with Crippen molar-refractivity contribution >= 4 is 34.8 Å². The highest BCUT2D eigenvalue weighted by Gasteiger charge is 2.11. The molecule has 0 bridgehead atoms. The maximum absolute atomic E-state index is 11.9. The molecular weight excluding hydrogens is 299 g/mol. The van der Waals surface area contributed by atoms with E-state index >= 15 is 0 Å². The Morgan fingerprint density at radius 3 is 1.50 bits per heavy atom. The van der Waals surface area contributed by atoms with Gasteiger partial charge in [-0.1, -0.05) is 23.2 Å². The molecule has 2 aromatic heterocycles. The fraction of sp³-hybridized carbons (Fsp3) is 0.143. The fourth-order valence-corrected chi connectivity index (χ4v) is 1.82. The van der Waals surface area contributed by atoms with Crippen molar-refractivity contribution in [2.45, 2.75) is 12.8 Å². The molecule has 0 aromatic carbocycles. The molecule has 0 atom stereocenters. The highest BCUT2D eigenvalue weighted by Crippen LogP contribution is 2.12. The van der Waals surface area contributed by atoms with Gasteiger partial charge in [-0.25, -0.2) is 9.97 Å². The SMILES string of the molecule is O=C(CCC(=O)c1ccc(Cl)nc1)c1ccc(Cl)nc1. The van der Waals surface area contributed by atoms with Crippen molar-refractivity contribution in [3.05, 3.63) is 58.1 Å². The van der Waals surface area contributed by atoms with Crippen LogP contribution in [-0.2, 0) is 0 Å². The molecule has 2 heterocycles. The summed E-state index contributed by atoms with van der Waals surface area (Å²) in [6.07, 6.45) is 3.04. The molecule has 2 aromatic rings. The number of nitrogens with zero attached hydrogens (tertiary/aromatic N) is 2. The number of rotatable bonds is 5. The van der Waals surface area contributed by atoms with E-state index in [1.54, 1.807) is 24.3 Å². The summed E-state index contributed by atoms with van der Waals surface area (Å²) in [4.78, 5) is 31.4. The number of carbonyl (C=O) groups excluding carboxylic acids is 2. The van der Waals surface area contributed by atoms with Crippen LogP contribution in [0.3, 0.4) is 0 Å². The van der Waals surface area contributed by atoms with Crippen molar-refractivity contribution in [2.24, 2.45) is 0 Å². The van der Waals surface area contributed by atoms with E-state index < -0.39 is 0 Å². The van der Waals surface area contributed by atoms with Gasteiger partial charge in [-0.05, 0) is 24.3 Å². The number of halogens is 2. The lowest BCUT2D eigenvalue weighted by atomic mass is 10.0. The molecule has 0 radical (unpaired) electrons. The second-order valence-corrected chi connectivity index (χ2v) is 4.86. The minimum atomic E-state index is -0.149. The van der Waals surface area contributed by atoms with Gasteiger partial charge in [-0.15, -0.1) is 0 Å². The minimum absolute atomic E-state index is 0.116. The number of hydrogen-bond donors (Lipinski definition) is 0. The van der Waals surface area contributed by atoms with Gasteiger partial charge in [0, 0.05) is 36.4 Å². The molecule has 0 N–H and O–H groups in total. The van der Waals surface area contributed by atoms with Crippen LogP contribution in [0, 0.1) is 0 Å². The van der Waals surface area contributed by atoms with E-state index in [0.717, 1.165) is 0 Å². The molecule has 0 spiro atoms. The van der Waals surface area contributed by atoms with Gasteiger partial charge >= 0.3 is 0 Å². The van der Waals surface area contributed by atoms with Crippen molar-refractivity contribution in [3.8, 4) is 0 Å². The molecule has 0 saturated heterocycles. The van der Waals surface area contributed by atoms with E-state index in [9.17, 15) is 9.59 Å². The predicted molar refractivity (Wildman–Crippen MR) is 76.4 cm³/mol. The first-order chi connectivity index (χ1) is 9.56. The van der Waals surface area contributed by atoms with Crippen molar-refractivity contribution in [3.63, 3.8) is 0 Å². The van der Waals surface area contributed by atoms with Crippen molar-refractivity contribution < 1.29 is 9.59 Å². The Morgan fingerprint density at radius 1 is 0.800 bits per heavy atom. The average molecular weight is 309 g/mol. The van der Waals surface area contributed by atoms with E-state index in [2.05, 4.69) is 9.97 Å². The fourth-order valence-electron chi connectivity index (χ4n) is 1.60. The first-order valence-electron chi connectivity index (χ1n) is 5.86. The van der Waals surface area contributed by atoms with Crippen LogP contribution in [0.2, 0.25) is 10.3 Å². The van der Waals surface area contributed by atoms with Crippen molar-refractivity contribution in [2.75, 3.05) is 0 Å². The summed E-state index contributed by atoms with van der Waals surface area (Å²) in [5.41, 5.74) is 0.882. The molecule has 6 heteroatoms. The number of hydrogen-bond acceptors (Lipinski definition) is 4. The van der Waals surface area contributed by atoms with E-state index in [4.69, 9.17) is 23.2 Å². The average Bonchev–Trinajstić information content (AvgIpc) is 2.46. The van der Waals surface area contributed by atoms with Gasteiger partial charge in [0.25, 0.3) is 0 Å². The summed E-state index contributed by atoms with van der Waals surface area (Å²) in [6.45, 7) is 0. The van der Waals surface area contributed by atoms with Crippen LogP contribution in [-0.4, -0.2) is 21.5 Å². The predicted octanol–water partition coefficient (Wildman–Crippen LogP) is 3.63. The van der Waals surface area contributed by atoms with E-state index in [0.29, 0.717) is 21.4 Å². The number of pyridine rings is 2. The lowest BCUT2D eigenvalue weighted by Crippen LogP contribution is -2.06. The van der Waals surface area contributed by atoms with Gasteiger partial charge in [-0.3, -0.25) is 9.59 Å². The van der Waals surface area contributed by atoms with Gasteiger partial charge in [0.2, 0.25) is 0 Å². The lowest BCUT2D eigenvalue weighted by molar-refractivity contribution is 0.0917. The first-order valence-corrected chi connectivity index (χ1v) is 6.61. The quantitative estimate of drug-likeness (QED) is 0.625. The smallest absolute Gasteiger partial charge is 0.164 e. The third-order valence-electron chi connectivity index (χ3n) is 2.68. The third kappa shape index (κ3) is 3.85. The highest BCUT2D eigenvalue weighted by molar-refractivity contribution is 6.29. The Kier molecular flexibility index (Phi) is 4.82. The molecule has 0 aliphatic rings. The van der Waals surface area contributed by atoms with Gasteiger partial charge in [-0.2, -0.15) is 0 Å². The van der Waals surface area contributed by atoms with E-state index in [1.807, 2.05) is 0 Å². The Balaban J connectivity index is 1.94. The van der Waals surface area contributed by atoms with Crippen LogP contribution in [0.4, 0.5) is 0 Å². The van der Waals surface area contributed by atoms with E-state index in [-0.39, 0.29) is 24.4 Å². The summed E-state index contributed by atoms with van der Waals surface area (Å²) in [6, 6.07) is 6.26. The normalized spacial score (nSPS) is 10.3. The molecule has 0 fully saturated rings. The Hall–Kier alpha value is -1.78. The molecule has 0 unspecified atom stereocenters. The summed E-state index contributed by atoms with van der Waals surface area (Å²) in [7, 11) is 0. The maximum atomic E-state index is 11.9. The molecule has 0 aliphatic carbocycles. The van der Waals surface area contributed by atoms with Gasteiger partial charge in [0.15, 0.2) is 11.6 Å². The largest absolute Gasteiger partial charge is 0.294 e. The Morgan fingerprint density at radius 2 is 1.20 bits per heavy atom. The Labute approximate surface area is 125 Å². The second kappa shape index (κ2) is 6.59. The molecule has 0 saturated carbocycles. The van der Waals surface area contributed by atoms with E-state index in [1.165, 1.54) is 12.4 Å². The van der Waals surface area contributed by atoms with Gasteiger partial charge in [0.05, 0.1) is 0 Å². The molecule has 0 aliphatic heterocycles.